The summed E-state index contributed by atoms with van der Waals surface area (Å²) in [7, 11) is 0. The van der Waals surface area contributed by atoms with Gasteiger partial charge in [-0.2, -0.15) is 17.0 Å². The van der Waals surface area contributed by atoms with Gasteiger partial charge in [0.2, 0.25) is 0 Å². The molecule has 0 aliphatic rings. The fourth-order valence-corrected chi connectivity index (χ4v) is 1.52. The molecule has 1 aromatic rings. The van der Waals surface area contributed by atoms with Crippen molar-refractivity contribution >= 4 is 30.3 Å². The van der Waals surface area contributed by atoms with Gasteiger partial charge in [0, 0.05) is 23.1 Å². The van der Waals surface area contributed by atoms with E-state index in [-0.39, 0.29) is 5.75 Å². The van der Waals surface area contributed by atoms with Crippen molar-refractivity contribution in [2.75, 3.05) is 0 Å². The lowest BCUT2D eigenvalue weighted by Gasteiger charge is -2.07. The molecule has 0 saturated heterocycles. The van der Waals surface area contributed by atoms with E-state index in [0.29, 0.717) is 22.6 Å². The van der Waals surface area contributed by atoms with Gasteiger partial charge >= 0.3 is 0 Å². The Kier molecular flexibility index (Phi) is 3.77. The Labute approximate surface area is 91.8 Å². The van der Waals surface area contributed by atoms with E-state index in [2.05, 4.69) is 17.6 Å². The molecule has 0 spiro atoms. The predicted molar refractivity (Wildman–Crippen MR) is 58.3 cm³/mol. The summed E-state index contributed by atoms with van der Waals surface area (Å²) in [6, 6.07) is 0. The molecule has 0 unspecified atom stereocenters. The minimum atomic E-state index is -0.849. The molecule has 2 nitrogen and oxygen atoms in total. The van der Waals surface area contributed by atoms with Crippen molar-refractivity contribution in [2.24, 2.45) is 0 Å². The van der Waals surface area contributed by atoms with Gasteiger partial charge in [0.25, 0.3) is 0 Å². The lowest BCUT2D eigenvalue weighted by Crippen LogP contribution is -1.92. The van der Waals surface area contributed by atoms with Crippen LogP contribution in [0.4, 0.5) is 4.39 Å². The van der Waals surface area contributed by atoms with E-state index in [0.717, 1.165) is 6.08 Å². The molecular formula is C9H9ClFNOS. The normalized spacial score (nSPS) is 11.9. The Morgan fingerprint density at radius 2 is 2.43 bits per heavy atom. The third kappa shape index (κ3) is 2.39. The standard InChI is InChI=1S/C9H9ClFNOS/c1-5-9(13)7(4-14)6(3-12-5)2-8(10)11/h2-3,13-14H,4H2,1H3/b8-2-. The van der Waals surface area contributed by atoms with Crippen LogP contribution in [-0.4, -0.2) is 10.1 Å². The first kappa shape index (κ1) is 11.3. The Morgan fingerprint density at radius 3 is 2.93 bits per heavy atom. The zero-order chi connectivity index (χ0) is 10.7. The molecule has 0 aliphatic carbocycles. The maximum absolute atomic E-state index is 12.4. The van der Waals surface area contributed by atoms with E-state index in [4.69, 9.17) is 11.6 Å². The molecule has 0 aromatic carbocycles. The third-order valence-corrected chi connectivity index (χ3v) is 2.22. The van der Waals surface area contributed by atoms with E-state index < -0.39 is 5.29 Å². The van der Waals surface area contributed by atoms with Crippen LogP contribution in [0.1, 0.15) is 16.8 Å². The van der Waals surface area contributed by atoms with E-state index in [9.17, 15) is 9.50 Å². The molecule has 0 fully saturated rings. The highest BCUT2D eigenvalue weighted by molar-refractivity contribution is 7.79. The summed E-state index contributed by atoms with van der Waals surface area (Å²) in [6.07, 6.45) is 2.54. The molecule has 0 aliphatic heterocycles. The predicted octanol–water partition coefficient (Wildman–Crippen LogP) is 3.03. The van der Waals surface area contributed by atoms with Crippen molar-refractivity contribution in [1.82, 2.24) is 4.98 Å². The van der Waals surface area contributed by atoms with Crippen molar-refractivity contribution < 1.29 is 9.50 Å². The van der Waals surface area contributed by atoms with Crippen molar-refractivity contribution in [3.8, 4) is 5.75 Å². The first-order valence-corrected chi connectivity index (χ1v) is 4.88. The Bertz CT molecular complexity index is 377. The topological polar surface area (TPSA) is 33.1 Å². The Hall–Kier alpha value is -0.740. The average Bonchev–Trinajstić information content (AvgIpc) is 2.11. The summed E-state index contributed by atoms with van der Waals surface area (Å²) < 4.78 is 12.4. The largest absolute Gasteiger partial charge is 0.506 e. The lowest BCUT2D eigenvalue weighted by molar-refractivity contribution is 0.462. The molecular weight excluding hydrogens is 225 g/mol. The first-order valence-electron chi connectivity index (χ1n) is 3.87. The summed E-state index contributed by atoms with van der Waals surface area (Å²) >= 11 is 9.13. The van der Waals surface area contributed by atoms with Crippen LogP contribution in [0.2, 0.25) is 0 Å². The van der Waals surface area contributed by atoms with Gasteiger partial charge < -0.3 is 5.11 Å². The second-order valence-corrected chi connectivity index (χ2v) is 3.40. The van der Waals surface area contributed by atoms with Crippen molar-refractivity contribution in [2.45, 2.75) is 12.7 Å². The molecule has 0 radical (unpaired) electrons. The first-order chi connectivity index (χ1) is 6.56. The van der Waals surface area contributed by atoms with E-state index in [1.54, 1.807) is 6.92 Å². The fraction of sp³-hybridized carbons (Fsp3) is 0.222. The fourth-order valence-electron chi connectivity index (χ4n) is 1.07. The minimum absolute atomic E-state index is 0.0340. The van der Waals surface area contributed by atoms with Crippen LogP contribution in [0.15, 0.2) is 11.5 Å². The molecule has 1 rings (SSSR count). The van der Waals surface area contributed by atoms with Crippen LogP contribution < -0.4 is 0 Å². The summed E-state index contributed by atoms with van der Waals surface area (Å²) in [5.41, 5.74) is 1.45. The van der Waals surface area contributed by atoms with Crippen LogP contribution in [0.5, 0.6) is 5.75 Å². The quantitative estimate of drug-likeness (QED) is 0.770. The summed E-state index contributed by atoms with van der Waals surface area (Å²) in [5.74, 6) is 0.331. The van der Waals surface area contributed by atoms with Gasteiger partial charge in [-0.3, -0.25) is 4.98 Å². The molecule has 5 heteroatoms. The second kappa shape index (κ2) is 4.66. The van der Waals surface area contributed by atoms with Gasteiger partial charge in [-0.15, -0.1) is 0 Å². The number of nitrogens with zero attached hydrogens (tertiary/aromatic N) is 1. The van der Waals surface area contributed by atoms with Gasteiger partial charge in [0.1, 0.15) is 5.75 Å². The van der Waals surface area contributed by atoms with Gasteiger partial charge in [-0.1, -0.05) is 11.6 Å². The number of hydrogen-bond donors (Lipinski definition) is 2. The zero-order valence-electron chi connectivity index (χ0n) is 7.46. The smallest absolute Gasteiger partial charge is 0.189 e. The third-order valence-electron chi connectivity index (χ3n) is 1.80. The SMILES string of the molecule is Cc1ncc(/C=C(\F)Cl)c(CS)c1O. The van der Waals surface area contributed by atoms with Crippen molar-refractivity contribution in [3.63, 3.8) is 0 Å². The number of hydrogen-bond acceptors (Lipinski definition) is 3. The van der Waals surface area contributed by atoms with Crippen molar-refractivity contribution in [1.29, 1.82) is 0 Å². The highest BCUT2D eigenvalue weighted by Crippen LogP contribution is 2.27. The van der Waals surface area contributed by atoms with Gasteiger partial charge in [0.15, 0.2) is 5.29 Å². The molecule has 0 atom stereocenters. The molecule has 1 heterocycles. The summed E-state index contributed by atoms with van der Waals surface area (Å²) in [6.45, 7) is 1.66. The maximum Gasteiger partial charge on any atom is 0.189 e. The molecule has 14 heavy (non-hydrogen) atoms. The van der Waals surface area contributed by atoms with Gasteiger partial charge in [0.05, 0.1) is 5.69 Å². The molecule has 0 saturated carbocycles. The van der Waals surface area contributed by atoms with Crippen LogP contribution in [0, 0.1) is 6.92 Å². The van der Waals surface area contributed by atoms with Crippen LogP contribution in [0.25, 0.3) is 6.08 Å². The van der Waals surface area contributed by atoms with E-state index in [1.807, 2.05) is 0 Å². The second-order valence-electron chi connectivity index (χ2n) is 2.72. The highest BCUT2D eigenvalue weighted by atomic mass is 35.5. The molecule has 1 aromatic heterocycles. The number of aromatic hydroxyl groups is 1. The van der Waals surface area contributed by atoms with Crippen molar-refractivity contribution in [3.05, 3.63) is 28.3 Å². The van der Waals surface area contributed by atoms with Crippen LogP contribution in [-0.2, 0) is 5.75 Å². The number of halogens is 2. The maximum atomic E-state index is 12.4. The number of rotatable bonds is 2. The Balaban J connectivity index is 3.31. The highest BCUT2D eigenvalue weighted by Gasteiger charge is 2.09. The molecule has 76 valence electrons. The van der Waals surface area contributed by atoms with Gasteiger partial charge in [-0.25, -0.2) is 0 Å². The van der Waals surface area contributed by atoms with Crippen LogP contribution in [0.3, 0.4) is 0 Å². The number of aryl methyl sites for hydroxylation is 1. The monoisotopic (exact) mass is 233 g/mol. The lowest BCUT2D eigenvalue weighted by atomic mass is 10.1. The number of pyridine rings is 1. The van der Waals surface area contributed by atoms with Crippen LogP contribution >= 0.6 is 24.2 Å². The summed E-state index contributed by atoms with van der Waals surface area (Å²) in [5, 5.41) is 8.74. The number of aromatic nitrogens is 1. The average molecular weight is 234 g/mol. The number of thiol groups is 1. The Morgan fingerprint density at radius 1 is 1.79 bits per heavy atom. The minimum Gasteiger partial charge on any atom is -0.506 e. The van der Waals surface area contributed by atoms with E-state index in [1.165, 1.54) is 6.20 Å². The van der Waals surface area contributed by atoms with E-state index >= 15 is 0 Å². The molecule has 0 bridgehead atoms. The zero-order valence-corrected chi connectivity index (χ0v) is 9.11. The molecule has 0 amide bonds. The molecule has 1 N–H and O–H groups in total. The summed E-state index contributed by atoms with van der Waals surface area (Å²) in [4.78, 5) is 3.89. The van der Waals surface area contributed by atoms with Gasteiger partial charge in [-0.05, 0) is 13.0 Å².